The van der Waals surface area contributed by atoms with Gasteiger partial charge in [0.15, 0.2) is 17.6 Å². The van der Waals surface area contributed by atoms with Gasteiger partial charge in [0.1, 0.15) is 5.75 Å². The molecule has 5 nitrogen and oxygen atoms in total. The molecular weight excluding hydrogens is 312 g/mol. The first kappa shape index (κ1) is 12.1. The van der Waals surface area contributed by atoms with Crippen molar-refractivity contribution < 1.29 is 14.6 Å². The van der Waals surface area contributed by atoms with Crippen LogP contribution in [-0.4, -0.2) is 21.0 Å². The number of carbonyl (C=O) groups is 1. The third-order valence-corrected chi connectivity index (χ3v) is 3.48. The normalized spacial score (nSPS) is 16.8. The number of rotatable bonds is 2. The average molecular weight is 321 g/mol. The predicted molar refractivity (Wildman–Crippen MR) is 70.2 cm³/mol. The Morgan fingerprint density at radius 2 is 2.21 bits per heavy atom. The molecule has 0 saturated carbocycles. The summed E-state index contributed by atoms with van der Waals surface area (Å²) in [6.45, 7) is 0. The van der Waals surface area contributed by atoms with E-state index in [4.69, 9.17) is 9.84 Å². The maximum atomic E-state index is 11.0. The number of hydrogen-bond acceptors (Lipinski definition) is 4. The minimum atomic E-state index is -1.09. The van der Waals surface area contributed by atoms with Crippen LogP contribution < -0.4 is 4.74 Å². The highest BCUT2D eigenvalue weighted by Gasteiger charge is 2.27. The highest BCUT2D eigenvalue weighted by atomic mass is 79.9. The number of halogens is 1. The maximum absolute atomic E-state index is 11.0. The van der Waals surface area contributed by atoms with Crippen molar-refractivity contribution in [3.8, 4) is 5.75 Å². The lowest BCUT2D eigenvalue weighted by Crippen LogP contribution is -2.12. The van der Waals surface area contributed by atoms with Gasteiger partial charge in [0.05, 0.1) is 4.47 Å². The van der Waals surface area contributed by atoms with E-state index < -0.39 is 5.97 Å². The van der Waals surface area contributed by atoms with Crippen LogP contribution in [-0.2, 0) is 6.42 Å². The van der Waals surface area contributed by atoms with Crippen molar-refractivity contribution in [3.63, 3.8) is 0 Å². The molecule has 1 atom stereocenters. The van der Waals surface area contributed by atoms with E-state index in [1.807, 2.05) is 24.3 Å². The van der Waals surface area contributed by atoms with Crippen molar-refractivity contribution in [2.45, 2.75) is 12.5 Å². The van der Waals surface area contributed by atoms with E-state index in [1.165, 1.54) is 6.20 Å². The molecule has 0 spiro atoms. The smallest absolute Gasteiger partial charge is 0.355 e. The molecule has 0 radical (unpaired) electrons. The first-order chi connectivity index (χ1) is 9.15. The molecule has 0 fully saturated rings. The summed E-state index contributed by atoms with van der Waals surface area (Å²) in [5.41, 5.74) is 1.03. The second kappa shape index (κ2) is 4.62. The van der Waals surface area contributed by atoms with Gasteiger partial charge in [-0.15, -0.1) is 0 Å². The molecule has 1 N–H and O–H groups in total. The van der Waals surface area contributed by atoms with Gasteiger partial charge in [-0.3, -0.25) is 0 Å². The lowest BCUT2D eigenvalue weighted by Gasteiger charge is -2.10. The van der Waals surface area contributed by atoms with Crippen LogP contribution in [0, 0.1) is 0 Å². The second-order valence-electron chi connectivity index (χ2n) is 4.15. The van der Waals surface area contributed by atoms with Crippen LogP contribution in [0.1, 0.15) is 28.0 Å². The van der Waals surface area contributed by atoms with Gasteiger partial charge >= 0.3 is 5.97 Å². The van der Waals surface area contributed by atoms with E-state index in [1.54, 1.807) is 0 Å². The maximum Gasteiger partial charge on any atom is 0.355 e. The Hall–Kier alpha value is -1.95. The summed E-state index contributed by atoms with van der Waals surface area (Å²) in [6, 6.07) is 7.70. The first-order valence-corrected chi connectivity index (χ1v) is 6.45. The molecule has 0 amide bonds. The van der Waals surface area contributed by atoms with Crippen LogP contribution in [0.3, 0.4) is 0 Å². The van der Waals surface area contributed by atoms with Crippen molar-refractivity contribution in [1.82, 2.24) is 9.97 Å². The lowest BCUT2D eigenvalue weighted by atomic mass is 10.1. The van der Waals surface area contributed by atoms with Gasteiger partial charge in [0.25, 0.3) is 0 Å². The first-order valence-electron chi connectivity index (χ1n) is 5.65. The van der Waals surface area contributed by atoms with E-state index in [-0.39, 0.29) is 11.8 Å². The minimum Gasteiger partial charge on any atom is -0.482 e. The Morgan fingerprint density at radius 1 is 1.42 bits per heavy atom. The largest absolute Gasteiger partial charge is 0.482 e. The van der Waals surface area contributed by atoms with E-state index in [0.717, 1.165) is 11.3 Å². The number of benzene rings is 1. The summed E-state index contributed by atoms with van der Waals surface area (Å²) in [5, 5.41) is 9.05. The molecule has 1 aromatic carbocycles. The van der Waals surface area contributed by atoms with Crippen molar-refractivity contribution in [1.29, 1.82) is 0 Å². The Labute approximate surface area is 117 Å². The monoisotopic (exact) mass is 320 g/mol. The molecule has 1 aliphatic heterocycles. The summed E-state index contributed by atoms with van der Waals surface area (Å²) < 4.78 is 6.09. The average Bonchev–Trinajstić information content (AvgIpc) is 2.82. The molecule has 0 bridgehead atoms. The Balaban J connectivity index is 1.93. The van der Waals surface area contributed by atoms with Gasteiger partial charge in [-0.2, -0.15) is 0 Å². The Kier molecular flexibility index (Phi) is 2.94. The highest BCUT2D eigenvalue weighted by Crippen LogP contribution is 2.35. The third kappa shape index (κ3) is 2.19. The zero-order chi connectivity index (χ0) is 13.4. The number of ether oxygens (including phenoxy) is 1. The summed E-state index contributed by atoms with van der Waals surface area (Å²) >= 11 is 3.12. The summed E-state index contributed by atoms with van der Waals surface area (Å²) in [7, 11) is 0. The molecule has 6 heteroatoms. The number of hydrogen-bond donors (Lipinski definition) is 1. The topological polar surface area (TPSA) is 72.3 Å². The molecule has 1 aromatic heterocycles. The molecule has 0 saturated heterocycles. The Morgan fingerprint density at radius 3 is 2.95 bits per heavy atom. The number of para-hydroxylation sites is 1. The van der Waals surface area contributed by atoms with Crippen LogP contribution in [0.25, 0.3) is 0 Å². The molecule has 0 aliphatic carbocycles. The SMILES string of the molecule is O=C(O)c1nc(C2Cc3ccccc3O2)ncc1Br. The van der Waals surface area contributed by atoms with E-state index in [0.29, 0.717) is 16.7 Å². The number of nitrogens with zero attached hydrogens (tertiary/aromatic N) is 2. The fourth-order valence-corrected chi connectivity index (χ4v) is 2.37. The minimum absolute atomic E-state index is 0.0513. The summed E-state index contributed by atoms with van der Waals surface area (Å²) in [4.78, 5) is 19.2. The van der Waals surface area contributed by atoms with Crippen molar-refractivity contribution in [3.05, 3.63) is 52.0 Å². The molecule has 2 aromatic rings. The van der Waals surface area contributed by atoms with Crippen molar-refractivity contribution in [2.75, 3.05) is 0 Å². The van der Waals surface area contributed by atoms with Gasteiger partial charge < -0.3 is 9.84 Å². The van der Waals surface area contributed by atoms with Crippen LogP contribution >= 0.6 is 15.9 Å². The number of carboxylic acids is 1. The van der Waals surface area contributed by atoms with Gasteiger partial charge in [0, 0.05) is 12.6 Å². The molecule has 1 unspecified atom stereocenters. The van der Waals surface area contributed by atoms with E-state index in [9.17, 15) is 4.79 Å². The number of aromatic carboxylic acids is 1. The quantitative estimate of drug-likeness (QED) is 0.920. The number of aromatic nitrogens is 2. The fourth-order valence-electron chi connectivity index (χ4n) is 2.01. The number of carboxylic acid groups (broad SMARTS) is 1. The lowest BCUT2D eigenvalue weighted by molar-refractivity contribution is 0.0688. The predicted octanol–water partition coefficient (Wildman–Crippen LogP) is 2.61. The second-order valence-corrected chi connectivity index (χ2v) is 5.00. The van der Waals surface area contributed by atoms with Gasteiger partial charge in [-0.05, 0) is 27.6 Å². The van der Waals surface area contributed by atoms with Gasteiger partial charge in [-0.25, -0.2) is 14.8 Å². The summed E-state index contributed by atoms with van der Waals surface area (Å²) in [6.07, 6.45) is 1.76. The van der Waals surface area contributed by atoms with Crippen LogP contribution in [0.2, 0.25) is 0 Å². The van der Waals surface area contributed by atoms with Crippen LogP contribution in [0.5, 0.6) is 5.75 Å². The van der Waals surface area contributed by atoms with E-state index in [2.05, 4.69) is 25.9 Å². The van der Waals surface area contributed by atoms with Crippen LogP contribution in [0.15, 0.2) is 34.9 Å². The van der Waals surface area contributed by atoms with E-state index >= 15 is 0 Å². The molecule has 1 aliphatic rings. The zero-order valence-corrected chi connectivity index (χ0v) is 11.3. The van der Waals surface area contributed by atoms with Gasteiger partial charge in [-0.1, -0.05) is 18.2 Å². The Bertz CT molecular complexity index is 635. The van der Waals surface area contributed by atoms with Crippen molar-refractivity contribution in [2.24, 2.45) is 0 Å². The zero-order valence-electron chi connectivity index (χ0n) is 9.71. The fraction of sp³-hybridized carbons (Fsp3) is 0.154. The molecule has 3 rings (SSSR count). The molecular formula is C13H9BrN2O3. The summed E-state index contributed by atoms with van der Waals surface area (Å²) in [5.74, 6) is 0.0960. The van der Waals surface area contributed by atoms with Crippen molar-refractivity contribution >= 4 is 21.9 Å². The molecule has 96 valence electrons. The standard InChI is InChI=1S/C13H9BrN2O3/c14-8-6-15-12(16-11(8)13(17)18)10-5-7-3-1-2-4-9(7)19-10/h1-4,6,10H,5H2,(H,17,18). The molecule has 2 heterocycles. The van der Waals surface area contributed by atoms with Gasteiger partial charge in [0.2, 0.25) is 0 Å². The molecule has 19 heavy (non-hydrogen) atoms. The highest BCUT2D eigenvalue weighted by molar-refractivity contribution is 9.10. The van der Waals surface area contributed by atoms with Crippen LogP contribution in [0.4, 0.5) is 0 Å². The third-order valence-electron chi connectivity index (χ3n) is 2.90. The number of fused-ring (bicyclic) bond motifs is 1.